The Bertz CT molecular complexity index is 800. The van der Waals surface area contributed by atoms with Crippen LogP contribution in [0.3, 0.4) is 0 Å². The topological polar surface area (TPSA) is 119 Å². The number of rotatable bonds is 2. The molecule has 1 aromatic rings. The Balaban J connectivity index is 2.13. The summed E-state index contributed by atoms with van der Waals surface area (Å²) in [6.45, 7) is 0. The predicted octanol–water partition coefficient (Wildman–Crippen LogP) is 2.41. The maximum Gasteiger partial charge on any atom is 0.269 e. The fraction of sp³-hybridized carbons (Fsp3) is 0.250. The number of nitro benzene ring substituents is 1. The summed E-state index contributed by atoms with van der Waals surface area (Å²) in [5, 5.41) is 20.2. The zero-order chi connectivity index (χ0) is 16.6. The Kier molecular flexibility index (Phi) is 3.58. The predicted molar refractivity (Wildman–Crippen MR) is 79.6 cm³/mol. The molecule has 2 aliphatic rings. The molecule has 0 amide bonds. The lowest BCUT2D eigenvalue weighted by Gasteiger charge is -2.30. The molecule has 1 heterocycles. The summed E-state index contributed by atoms with van der Waals surface area (Å²) >= 11 is 0. The third kappa shape index (κ3) is 2.44. The van der Waals surface area contributed by atoms with Gasteiger partial charge in [-0.2, -0.15) is 5.26 Å². The summed E-state index contributed by atoms with van der Waals surface area (Å²) in [6.07, 6.45) is 1.66. The third-order valence-electron chi connectivity index (χ3n) is 4.04. The summed E-state index contributed by atoms with van der Waals surface area (Å²) in [7, 11) is 0. The van der Waals surface area contributed by atoms with Gasteiger partial charge in [0.1, 0.15) is 17.4 Å². The summed E-state index contributed by atoms with van der Waals surface area (Å²) < 4.78 is 5.46. The first-order valence-corrected chi connectivity index (χ1v) is 7.11. The largest absolute Gasteiger partial charge is 0.444 e. The zero-order valence-corrected chi connectivity index (χ0v) is 12.1. The lowest BCUT2D eigenvalue weighted by Crippen LogP contribution is -2.27. The van der Waals surface area contributed by atoms with Crippen molar-refractivity contribution in [2.75, 3.05) is 0 Å². The van der Waals surface area contributed by atoms with Gasteiger partial charge in [-0.05, 0) is 12.0 Å². The van der Waals surface area contributed by atoms with Crippen LogP contribution in [-0.4, -0.2) is 10.7 Å². The van der Waals surface area contributed by atoms with E-state index in [0.29, 0.717) is 36.2 Å². The number of nitrogens with two attached hydrogens (primary N) is 1. The number of hydrogen-bond donors (Lipinski definition) is 1. The second-order valence-electron chi connectivity index (χ2n) is 5.39. The van der Waals surface area contributed by atoms with Crippen molar-refractivity contribution >= 4 is 11.5 Å². The molecule has 0 unspecified atom stereocenters. The Hall–Kier alpha value is -3.14. The number of hydrogen-bond acceptors (Lipinski definition) is 6. The molecule has 0 aromatic heterocycles. The second kappa shape index (κ2) is 5.57. The molecule has 23 heavy (non-hydrogen) atoms. The van der Waals surface area contributed by atoms with Gasteiger partial charge >= 0.3 is 0 Å². The molecule has 1 atom stereocenters. The number of nitrogens with zero attached hydrogens (tertiary/aromatic N) is 2. The van der Waals surface area contributed by atoms with Crippen LogP contribution in [0.5, 0.6) is 0 Å². The Morgan fingerprint density at radius 3 is 2.61 bits per heavy atom. The van der Waals surface area contributed by atoms with E-state index in [4.69, 9.17) is 10.5 Å². The molecule has 0 saturated heterocycles. The average Bonchev–Trinajstić information content (AvgIpc) is 2.54. The molecule has 1 aliphatic carbocycles. The molecular weight excluding hydrogens is 298 g/mol. The smallest absolute Gasteiger partial charge is 0.269 e. The van der Waals surface area contributed by atoms with Crippen molar-refractivity contribution in [3.05, 3.63) is 62.7 Å². The molecule has 0 spiro atoms. The van der Waals surface area contributed by atoms with E-state index in [9.17, 15) is 20.2 Å². The van der Waals surface area contributed by atoms with Crippen LogP contribution in [0.15, 0.2) is 47.1 Å². The first-order valence-electron chi connectivity index (χ1n) is 7.11. The van der Waals surface area contributed by atoms with Crippen molar-refractivity contribution in [3.63, 3.8) is 0 Å². The Morgan fingerprint density at radius 1 is 1.30 bits per heavy atom. The summed E-state index contributed by atoms with van der Waals surface area (Å²) in [4.78, 5) is 22.6. The number of nitriles is 1. The normalized spacial score (nSPS) is 20.7. The SMILES string of the molecule is N#CC1=C(N)OC2=C(C(=O)CCC2)[C@H]1c1ccc([N+](=O)[O-])cc1. The molecule has 0 fully saturated rings. The van der Waals surface area contributed by atoms with Crippen LogP contribution in [-0.2, 0) is 9.53 Å². The van der Waals surface area contributed by atoms with E-state index in [-0.39, 0.29) is 22.9 Å². The van der Waals surface area contributed by atoms with Gasteiger partial charge in [0.2, 0.25) is 5.88 Å². The fourth-order valence-electron chi connectivity index (χ4n) is 2.98. The van der Waals surface area contributed by atoms with Gasteiger partial charge < -0.3 is 10.5 Å². The molecular formula is C16H13N3O4. The second-order valence-corrected chi connectivity index (χ2v) is 5.39. The quantitative estimate of drug-likeness (QED) is 0.661. The number of non-ortho nitro benzene ring substituents is 1. The highest BCUT2D eigenvalue weighted by atomic mass is 16.6. The first-order chi connectivity index (χ1) is 11.0. The van der Waals surface area contributed by atoms with Gasteiger partial charge in [-0.3, -0.25) is 14.9 Å². The maximum absolute atomic E-state index is 12.3. The minimum atomic E-state index is -0.627. The monoisotopic (exact) mass is 311 g/mol. The van der Waals surface area contributed by atoms with Gasteiger partial charge in [0.25, 0.3) is 5.69 Å². The lowest BCUT2D eigenvalue weighted by molar-refractivity contribution is -0.384. The highest BCUT2D eigenvalue weighted by molar-refractivity contribution is 5.99. The molecule has 3 rings (SSSR count). The van der Waals surface area contributed by atoms with E-state index in [1.165, 1.54) is 12.1 Å². The van der Waals surface area contributed by atoms with E-state index in [1.54, 1.807) is 12.1 Å². The molecule has 0 saturated carbocycles. The molecule has 1 aromatic carbocycles. The van der Waals surface area contributed by atoms with Crippen molar-refractivity contribution in [1.29, 1.82) is 5.26 Å². The van der Waals surface area contributed by atoms with Crippen molar-refractivity contribution in [1.82, 2.24) is 0 Å². The van der Waals surface area contributed by atoms with Gasteiger partial charge in [-0.15, -0.1) is 0 Å². The summed E-state index contributed by atoms with van der Waals surface area (Å²) in [5.74, 6) is -0.211. The number of nitro groups is 1. The number of ether oxygens (including phenoxy) is 1. The molecule has 0 radical (unpaired) electrons. The molecule has 116 valence electrons. The Morgan fingerprint density at radius 2 is 2.00 bits per heavy atom. The summed E-state index contributed by atoms with van der Waals surface area (Å²) in [6, 6.07) is 7.80. The van der Waals surface area contributed by atoms with Crippen molar-refractivity contribution in [3.8, 4) is 6.07 Å². The van der Waals surface area contributed by atoms with E-state index in [1.807, 2.05) is 6.07 Å². The van der Waals surface area contributed by atoms with Crippen LogP contribution < -0.4 is 5.73 Å². The van der Waals surface area contributed by atoms with Gasteiger partial charge in [0.15, 0.2) is 5.78 Å². The zero-order valence-electron chi connectivity index (χ0n) is 12.1. The molecule has 7 nitrogen and oxygen atoms in total. The highest BCUT2D eigenvalue weighted by Crippen LogP contribution is 2.43. The maximum atomic E-state index is 12.3. The molecule has 1 aliphatic heterocycles. The van der Waals surface area contributed by atoms with Crippen LogP contribution in [0.4, 0.5) is 5.69 Å². The minimum Gasteiger partial charge on any atom is -0.444 e. The van der Waals surface area contributed by atoms with Crippen molar-refractivity contribution in [2.24, 2.45) is 5.73 Å². The van der Waals surface area contributed by atoms with Gasteiger partial charge in [-0.1, -0.05) is 12.1 Å². The number of carbonyl (C=O) groups is 1. The van der Waals surface area contributed by atoms with E-state index >= 15 is 0 Å². The van der Waals surface area contributed by atoms with Gasteiger partial charge in [-0.25, -0.2) is 0 Å². The highest BCUT2D eigenvalue weighted by Gasteiger charge is 2.37. The molecule has 0 bridgehead atoms. The average molecular weight is 311 g/mol. The van der Waals surface area contributed by atoms with Gasteiger partial charge in [0.05, 0.1) is 10.8 Å². The van der Waals surface area contributed by atoms with Crippen LogP contribution in [0, 0.1) is 21.4 Å². The number of benzene rings is 1. The Labute approximate surface area is 131 Å². The lowest BCUT2D eigenvalue weighted by atomic mass is 9.77. The van der Waals surface area contributed by atoms with E-state index in [0.717, 1.165) is 0 Å². The standard InChI is InChI=1S/C16H13N3O4/c17-8-11-14(9-4-6-10(7-5-9)19(21)22)15-12(20)2-1-3-13(15)23-16(11)18/h4-7,14H,1-3,18H2/t14-/m0/s1. The van der Waals surface area contributed by atoms with Gasteiger partial charge in [0, 0.05) is 30.5 Å². The van der Waals surface area contributed by atoms with Crippen LogP contribution in [0.25, 0.3) is 0 Å². The number of allylic oxidation sites excluding steroid dienone is 3. The van der Waals surface area contributed by atoms with Crippen LogP contribution in [0.1, 0.15) is 30.7 Å². The minimum absolute atomic E-state index is 0.00990. The number of ketones is 1. The first kappa shape index (κ1) is 14.8. The van der Waals surface area contributed by atoms with Crippen molar-refractivity contribution in [2.45, 2.75) is 25.2 Å². The van der Waals surface area contributed by atoms with E-state index in [2.05, 4.69) is 0 Å². The number of Topliss-reactive ketones (excluding diaryl/α,β-unsaturated/α-hetero) is 1. The van der Waals surface area contributed by atoms with Crippen molar-refractivity contribution < 1.29 is 14.5 Å². The summed E-state index contributed by atoms with van der Waals surface area (Å²) in [5.41, 5.74) is 6.99. The number of carbonyl (C=O) groups excluding carboxylic acids is 1. The van der Waals surface area contributed by atoms with Crippen LogP contribution in [0.2, 0.25) is 0 Å². The fourth-order valence-corrected chi connectivity index (χ4v) is 2.98. The molecule has 2 N–H and O–H groups in total. The molecule has 7 heteroatoms. The van der Waals surface area contributed by atoms with E-state index < -0.39 is 10.8 Å². The van der Waals surface area contributed by atoms with Crippen LogP contribution >= 0.6 is 0 Å². The third-order valence-corrected chi connectivity index (χ3v) is 4.04.